The molecule has 0 aliphatic rings. The van der Waals surface area contributed by atoms with E-state index in [0.29, 0.717) is 12.1 Å². The van der Waals surface area contributed by atoms with Crippen LogP contribution in [-0.2, 0) is 6.54 Å². The number of rotatable bonds is 6. The zero-order valence-corrected chi connectivity index (χ0v) is 13.1. The van der Waals surface area contributed by atoms with E-state index in [1.54, 1.807) is 24.3 Å². The Labute approximate surface area is 137 Å². The van der Waals surface area contributed by atoms with Gasteiger partial charge in [0.25, 0.3) is 5.91 Å². The van der Waals surface area contributed by atoms with Gasteiger partial charge in [-0.15, -0.1) is 0 Å². The van der Waals surface area contributed by atoms with Crippen molar-refractivity contribution in [1.29, 1.82) is 0 Å². The fourth-order valence-electron chi connectivity index (χ4n) is 2.27. The summed E-state index contributed by atoms with van der Waals surface area (Å²) in [5.41, 5.74) is 0.285. The molecule has 8 heteroatoms. The van der Waals surface area contributed by atoms with E-state index in [4.69, 9.17) is 4.42 Å². The molecule has 0 radical (unpaired) electrons. The minimum absolute atomic E-state index is 0.230. The Morgan fingerprint density at radius 3 is 2.67 bits per heavy atom. The number of hydrogen-bond donors (Lipinski definition) is 1. The number of amides is 1. The summed E-state index contributed by atoms with van der Waals surface area (Å²) in [7, 11) is 0. The largest absolute Gasteiger partial charge is 0.459 e. The minimum atomic E-state index is -0.355. The molecule has 2 aromatic heterocycles. The second-order valence-electron chi connectivity index (χ2n) is 5.25. The highest BCUT2D eigenvalue weighted by Crippen LogP contribution is 2.03. The first-order chi connectivity index (χ1) is 11.7. The highest BCUT2D eigenvalue weighted by atomic mass is 16.3. The molecular formula is C16H17N5O3. The third kappa shape index (κ3) is 3.27. The van der Waals surface area contributed by atoms with Gasteiger partial charge in [0, 0.05) is 6.04 Å². The highest BCUT2D eigenvalue weighted by Gasteiger charge is 2.17. The Balaban J connectivity index is 1.74. The van der Waals surface area contributed by atoms with E-state index in [2.05, 4.69) is 15.7 Å². The molecule has 3 rings (SSSR count). The zero-order valence-electron chi connectivity index (χ0n) is 13.1. The highest BCUT2D eigenvalue weighted by molar-refractivity contribution is 5.91. The Morgan fingerprint density at radius 2 is 2.00 bits per heavy atom. The smallest absolute Gasteiger partial charge is 0.368 e. The third-order valence-corrected chi connectivity index (χ3v) is 3.61. The summed E-state index contributed by atoms with van der Waals surface area (Å²) in [6.07, 6.45) is 2.07. The molecule has 0 aliphatic carbocycles. The molecule has 0 aliphatic heterocycles. The molecule has 0 bridgehead atoms. The Bertz CT molecular complexity index is 851. The second kappa shape index (κ2) is 6.95. The molecule has 124 valence electrons. The molecule has 1 N–H and O–H groups in total. The van der Waals surface area contributed by atoms with E-state index in [1.165, 1.54) is 15.6 Å². The van der Waals surface area contributed by atoms with Gasteiger partial charge in [-0.05, 0) is 41.1 Å². The number of carbonyl (C=O) groups excluding carboxylic acids is 1. The summed E-state index contributed by atoms with van der Waals surface area (Å²) >= 11 is 0. The van der Waals surface area contributed by atoms with Gasteiger partial charge in [-0.25, -0.2) is 4.79 Å². The summed E-state index contributed by atoms with van der Waals surface area (Å²) in [4.78, 5) is 24.4. The van der Waals surface area contributed by atoms with E-state index in [-0.39, 0.29) is 29.9 Å². The van der Waals surface area contributed by atoms with Gasteiger partial charge in [0.05, 0.1) is 18.5 Å². The summed E-state index contributed by atoms with van der Waals surface area (Å²) in [6, 6.07) is 12.0. The molecule has 1 atom stereocenters. The molecule has 0 saturated heterocycles. The monoisotopic (exact) mass is 327 g/mol. The Kier molecular flexibility index (Phi) is 4.55. The van der Waals surface area contributed by atoms with Gasteiger partial charge in [0.2, 0.25) is 0 Å². The van der Waals surface area contributed by atoms with Crippen molar-refractivity contribution in [3.63, 3.8) is 0 Å². The van der Waals surface area contributed by atoms with Gasteiger partial charge in [0.1, 0.15) is 0 Å². The maximum Gasteiger partial charge on any atom is 0.368 e. The van der Waals surface area contributed by atoms with E-state index < -0.39 is 0 Å². The SMILES string of the molecule is CC[C@H](Cn1nnn(-c2ccccc2)c1=O)NC(=O)c1ccco1. The van der Waals surface area contributed by atoms with E-state index in [1.807, 2.05) is 25.1 Å². The summed E-state index contributed by atoms with van der Waals surface area (Å²) in [6.45, 7) is 2.15. The molecule has 0 fully saturated rings. The molecule has 0 saturated carbocycles. The van der Waals surface area contributed by atoms with Crippen LogP contribution in [0, 0.1) is 0 Å². The van der Waals surface area contributed by atoms with Gasteiger partial charge in [0.15, 0.2) is 5.76 Å². The van der Waals surface area contributed by atoms with Crippen LogP contribution in [0.15, 0.2) is 57.9 Å². The summed E-state index contributed by atoms with van der Waals surface area (Å²) < 4.78 is 7.53. The zero-order chi connectivity index (χ0) is 16.9. The molecule has 2 heterocycles. The lowest BCUT2D eigenvalue weighted by atomic mass is 10.2. The molecule has 24 heavy (non-hydrogen) atoms. The predicted molar refractivity (Wildman–Crippen MR) is 85.9 cm³/mol. The van der Waals surface area contributed by atoms with Crippen LogP contribution in [0.2, 0.25) is 0 Å². The molecule has 1 aromatic carbocycles. The standard InChI is InChI=1S/C16H17N5O3/c1-2-12(17-15(22)14-9-6-10-24-14)11-20-16(23)21(19-18-20)13-7-4-3-5-8-13/h3-10,12H,2,11H2,1H3,(H,17,22)/t12-/m1/s1. The summed E-state index contributed by atoms with van der Waals surface area (Å²) in [5, 5.41) is 10.6. The van der Waals surface area contributed by atoms with Crippen molar-refractivity contribution in [2.24, 2.45) is 0 Å². The topological polar surface area (TPSA) is 95.0 Å². The van der Waals surface area contributed by atoms with Crippen molar-refractivity contribution in [2.45, 2.75) is 25.9 Å². The molecule has 8 nitrogen and oxygen atoms in total. The number of benzene rings is 1. The number of carbonyl (C=O) groups is 1. The van der Waals surface area contributed by atoms with Crippen molar-refractivity contribution >= 4 is 5.91 Å². The normalized spacial score (nSPS) is 12.0. The van der Waals surface area contributed by atoms with Crippen LogP contribution in [0.5, 0.6) is 0 Å². The van der Waals surface area contributed by atoms with E-state index >= 15 is 0 Å². The van der Waals surface area contributed by atoms with E-state index in [9.17, 15) is 9.59 Å². The first kappa shape index (κ1) is 15.7. The first-order valence-corrected chi connectivity index (χ1v) is 7.61. The van der Waals surface area contributed by atoms with Crippen LogP contribution < -0.4 is 11.0 Å². The maximum atomic E-state index is 12.4. The van der Waals surface area contributed by atoms with Gasteiger partial charge in [-0.1, -0.05) is 25.1 Å². The van der Waals surface area contributed by atoms with Gasteiger partial charge < -0.3 is 9.73 Å². The lowest BCUT2D eigenvalue weighted by Gasteiger charge is -2.15. The average molecular weight is 327 g/mol. The average Bonchev–Trinajstić information content (AvgIpc) is 3.26. The van der Waals surface area contributed by atoms with Gasteiger partial charge >= 0.3 is 5.69 Å². The van der Waals surface area contributed by atoms with Crippen LogP contribution in [-0.4, -0.2) is 31.7 Å². The number of aromatic nitrogens is 4. The van der Waals surface area contributed by atoms with Gasteiger partial charge in [-0.2, -0.15) is 9.36 Å². The molecule has 3 aromatic rings. The second-order valence-corrected chi connectivity index (χ2v) is 5.25. The van der Waals surface area contributed by atoms with Crippen molar-refractivity contribution in [3.05, 3.63) is 65.0 Å². The van der Waals surface area contributed by atoms with E-state index in [0.717, 1.165) is 0 Å². The molecule has 0 unspecified atom stereocenters. The number of furan rings is 1. The lowest BCUT2D eigenvalue weighted by molar-refractivity contribution is 0.0902. The lowest BCUT2D eigenvalue weighted by Crippen LogP contribution is -2.40. The summed E-state index contributed by atoms with van der Waals surface area (Å²) in [5.74, 6) is -0.0934. The Hall–Kier alpha value is -3.16. The Morgan fingerprint density at radius 1 is 1.21 bits per heavy atom. The molecular weight excluding hydrogens is 310 g/mol. The number of hydrogen-bond acceptors (Lipinski definition) is 5. The van der Waals surface area contributed by atoms with Crippen LogP contribution in [0.3, 0.4) is 0 Å². The number of tetrazole rings is 1. The van der Waals surface area contributed by atoms with Crippen LogP contribution in [0.4, 0.5) is 0 Å². The fraction of sp³-hybridized carbons (Fsp3) is 0.250. The van der Waals surface area contributed by atoms with Crippen LogP contribution in [0.25, 0.3) is 5.69 Å². The quantitative estimate of drug-likeness (QED) is 0.735. The van der Waals surface area contributed by atoms with Crippen molar-refractivity contribution in [1.82, 2.24) is 25.1 Å². The number of para-hydroxylation sites is 1. The first-order valence-electron chi connectivity index (χ1n) is 7.61. The maximum absolute atomic E-state index is 12.4. The van der Waals surface area contributed by atoms with Crippen molar-refractivity contribution in [2.75, 3.05) is 0 Å². The number of nitrogens with one attached hydrogen (secondary N) is 1. The third-order valence-electron chi connectivity index (χ3n) is 3.61. The number of nitrogens with zero attached hydrogens (tertiary/aromatic N) is 4. The van der Waals surface area contributed by atoms with Crippen LogP contribution >= 0.6 is 0 Å². The van der Waals surface area contributed by atoms with Crippen LogP contribution in [0.1, 0.15) is 23.9 Å². The molecule has 0 spiro atoms. The van der Waals surface area contributed by atoms with Crippen molar-refractivity contribution < 1.29 is 9.21 Å². The fourth-order valence-corrected chi connectivity index (χ4v) is 2.27. The van der Waals surface area contributed by atoms with Gasteiger partial charge in [-0.3, -0.25) is 4.79 Å². The predicted octanol–water partition coefficient (Wildman–Crippen LogP) is 1.23. The molecule has 1 amide bonds. The van der Waals surface area contributed by atoms with Crippen molar-refractivity contribution in [3.8, 4) is 5.69 Å². The minimum Gasteiger partial charge on any atom is -0.459 e.